The second-order valence-electron chi connectivity index (χ2n) is 16.3. The van der Waals surface area contributed by atoms with Gasteiger partial charge >= 0.3 is 0 Å². The molecule has 0 spiro atoms. The molecule has 0 nitrogen and oxygen atoms in total. The van der Waals surface area contributed by atoms with Crippen LogP contribution in [0, 0.1) is 13.8 Å². The molecule has 0 heterocycles. The molecule has 2 aliphatic rings. The lowest BCUT2D eigenvalue weighted by Crippen LogP contribution is -2.15. The molecule has 10 rings (SSSR count). The van der Waals surface area contributed by atoms with Gasteiger partial charge in [0, 0.05) is 10.8 Å². The van der Waals surface area contributed by atoms with E-state index in [1.54, 1.807) is 0 Å². The van der Waals surface area contributed by atoms with Crippen LogP contribution in [-0.2, 0) is 10.8 Å². The molecule has 8 aromatic rings. The van der Waals surface area contributed by atoms with Gasteiger partial charge in [0.1, 0.15) is 0 Å². The van der Waals surface area contributed by atoms with Crippen molar-refractivity contribution in [2.45, 2.75) is 52.4 Å². The quantitative estimate of drug-likeness (QED) is 0.176. The van der Waals surface area contributed by atoms with Crippen LogP contribution in [0.1, 0.15) is 61.1 Å². The predicted molar refractivity (Wildman–Crippen MR) is 222 cm³/mol. The van der Waals surface area contributed by atoms with E-state index in [-0.39, 0.29) is 10.8 Å². The first kappa shape index (κ1) is 31.1. The average Bonchev–Trinajstić information content (AvgIpc) is 3.52. The molecule has 250 valence electrons. The molecule has 0 bridgehead atoms. The van der Waals surface area contributed by atoms with Crippen molar-refractivity contribution in [2.75, 3.05) is 0 Å². The number of hydrogen-bond acceptors (Lipinski definition) is 0. The van der Waals surface area contributed by atoms with E-state index in [9.17, 15) is 0 Å². The molecular formula is C52H42. The van der Waals surface area contributed by atoms with Crippen LogP contribution in [0.2, 0.25) is 0 Å². The molecule has 52 heavy (non-hydrogen) atoms. The zero-order valence-electron chi connectivity index (χ0n) is 30.9. The lowest BCUT2D eigenvalue weighted by Gasteiger charge is -2.24. The normalized spacial score (nSPS) is 14.7. The summed E-state index contributed by atoms with van der Waals surface area (Å²) in [6.07, 6.45) is 0. The van der Waals surface area contributed by atoms with E-state index in [0.29, 0.717) is 0 Å². The molecule has 0 aliphatic heterocycles. The second-order valence-corrected chi connectivity index (χ2v) is 16.3. The fourth-order valence-electron chi connectivity index (χ4n) is 9.50. The largest absolute Gasteiger partial charge is 0.0616 e. The van der Waals surface area contributed by atoms with Gasteiger partial charge in [-0.1, -0.05) is 137 Å². The maximum atomic E-state index is 2.47. The van der Waals surface area contributed by atoms with Gasteiger partial charge in [0.2, 0.25) is 0 Å². The van der Waals surface area contributed by atoms with Gasteiger partial charge in [-0.25, -0.2) is 0 Å². The smallest absolute Gasteiger partial charge is 0.0159 e. The third-order valence-corrected chi connectivity index (χ3v) is 12.5. The Bertz CT molecular complexity index is 2610. The number of benzene rings is 8. The Morgan fingerprint density at radius 2 is 0.577 bits per heavy atom. The Balaban J connectivity index is 1.01. The van der Waals surface area contributed by atoms with Crippen LogP contribution < -0.4 is 0 Å². The molecule has 0 saturated heterocycles. The second kappa shape index (κ2) is 10.9. The molecule has 8 aromatic carbocycles. The zero-order valence-corrected chi connectivity index (χ0v) is 30.9. The van der Waals surface area contributed by atoms with E-state index in [1.807, 2.05) is 0 Å². The summed E-state index contributed by atoms with van der Waals surface area (Å²) in [7, 11) is 0. The highest BCUT2D eigenvalue weighted by molar-refractivity contribution is 5.93. The van der Waals surface area contributed by atoms with Gasteiger partial charge in [0.05, 0.1) is 0 Å². The van der Waals surface area contributed by atoms with Gasteiger partial charge in [-0.05, 0) is 161 Å². The molecule has 0 amide bonds. The number of rotatable bonds is 3. The van der Waals surface area contributed by atoms with Gasteiger partial charge in [-0.3, -0.25) is 0 Å². The lowest BCUT2D eigenvalue weighted by atomic mass is 9.79. The Labute approximate surface area is 307 Å². The summed E-state index contributed by atoms with van der Waals surface area (Å²) in [6.45, 7) is 14.1. The van der Waals surface area contributed by atoms with Gasteiger partial charge < -0.3 is 0 Å². The first-order valence-corrected chi connectivity index (χ1v) is 18.7. The SMILES string of the molecule is Cc1cc2ccccc2cc1-c1ccc2c(c1)C(C)(C)c1cc(-c3ccc4c(c3)C(C)(C)c3cc(-c5cc6ccccc6cc5C)ccc3-4)ccc1-2. The van der Waals surface area contributed by atoms with Crippen LogP contribution in [0.4, 0.5) is 0 Å². The van der Waals surface area contributed by atoms with Crippen LogP contribution in [0.5, 0.6) is 0 Å². The summed E-state index contributed by atoms with van der Waals surface area (Å²) < 4.78 is 0. The summed E-state index contributed by atoms with van der Waals surface area (Å²) in [5, 5.41) is 5.17. The van der Waals surface area contributed by atoms with E-state index < -0.39 is 0 Å². The van der Waals surface area contributed by atoms with Crippen molar-refractivity contribution in [1.82, 2.24) is 0 Å². The van der Waals surface area contributed by atoms with Gasteiger partial charge in [0.25, 0.3) is 0 Å². The molecule has 0 radical (unpaired) electrons. The van der Waals surface area contributed by atoms with Crippen LogP contribution in [0.15, 0.2) is 146 Å². The van der Waals surface area contributed by atoms with E-state index >= 15 is 0 Å². The number of aryl methyl sites for hydroxylation is 2. The van der Waals surface area contributed by atoms with Crippen LogP contribution in [0.25, 0.3) is 77.2 Å². The minimum absolute atomic E-state index is 0.106. The van der Waals surface area contributed by atoms with E-state index in [1.165, 1.54) is 111 Å². The number of hydrogen-bond donors (Lipinski definition) is 0. The van der Waals surface area contributed by atoms with Crippen LogP contribution in [-0.4, -0.2) is 0 Å². The topological polar surface area (TPSA) is 0 Å². The maximum Gasteiger partial charge on any atom is 0.0159 e. The summed E-state index contributed by atoms with van der Waals surface area (Å²) in [5.74, 6) is 0. The zero-order chi connectivity index (χ0) is 35.5. The van der Waals surface area contributed by atoms with E-state index in [4.69, 9.17) is 0 Å². The van der Waals surface area contributed by atoms with Crippen molar-refractivity contribution in [3.05, 3.63) is 179 Å². The Morgan fingerprint density at radius 3 is 0.923 bits per heavy atom. The first-order chi connectivity index (χ1) is 25.1. The summed E-state index contributed by atoms with van der Waals surface area (Å²) >= 11 is 0. The van der Waals surface area contributed by atoms with E-state index in [2.05, 4.69) is 187 Å². The molecule has 0 saturated carbocycles. The summed E-state index contributed by atoms with van der Waals surface area (Å²) in [6, 6.07) is 55.3. The average molecular weight is 667 g/mol. The summed E-state index contributed by atoms with van der Waals surface area (Å²) in [5.41, 5.74) is 21.3. The van der Waals surface area contributed by atoms with Crippen LogP contribution >= 0.6 is 0 Å². The fraction of sp³-hybridized carbons (Fsp3) is 0.154. The molecule has 0 unspecified atom stereocenters. The molecule has 0 aromatic heterocycles. The van der Waals surface area contributed by atoms with E-state index in [0.717, 1.165) is 0 Å². The molecule has 0 fully saturated rings. The summed E-state index contributed by atoms with van der Waals surface area (Å²) in [4.78, 5) is 0. The van der Waals surface area contributed by atoms with Crippen molar-refractivity contribution < 1.29 is 0 Å². The Morgan fingerprint density at radius 1 is 0.288 bits per heavy atom. The van der Waals surface area contributed by atoms with Crippen LogP contribution in [0.3, 0.4) is 0 Å². The highest BCUT2D eigenvalue weighted by Crippen LogP contribution is 2.53. The molecular weight excluding hydrogens is 625 g/mol. The fourth-order valence-corrected chi connectivity index (χ4v) is 9.50. The molecule has 0 atom stereocenters. The minimum Gasteiger partial charge on any atom is -0.0616 e. The van der Waals surface area contributed by atoms with Gasteiger partial charge in [0.15, 0.2) is 0 Å². The molecule has 0 heteroatoms. The van der Waals surface area contributed by atoms with Crippen molar-refractivity contribution in [2.24, 2.45) is 0 Å². The molecule has 2 aliphatic carbocycles. The standard InChI is InChI=1S/C52H42/c1-31-23-33-11-7-9-13-35(33)25-45(31)39-17-21-43-41-19-15-37(27-47(41)51(3,4)49(43)29-39)38-16-20-42-44-22-18-40(30-50(44)52(5,6)48(42)28-38)46-26-36-14-10-8-12-34(36)24-32(46)2/h7-30H,1-6H3. The highest BCUT2D eigenvalue weighted by atomic mass is 14.4. The van der Waals surface area contributed by atoms with Crippen molar-refractivity contribution in [1.29, 1.82) is 0 Å². The highest BCUT2D eigenvalue weighted by Gasteiger charge is 2.38. The third kappa shape index (κ3) is 4.47. The lowest BCUT2D eigenvalue weighted by molar-refractivity contribution is 0.660. The van der Waals surface area contributed by atoms with Crippen molar-refractivity contribution in [3.63, 3.8) is 0 Å². The first-order valence-electron chi connectivity index (χ1n) is 18.7. The van der Waals surface area contributed by atoms with Gasteiger partial charge in [-0.2, -0.15) is 0 Å². The van der Waals surface area contributed by atoms with Gasteiger partial charge in [-0.15, -0.1) is 0 Å². The Hall–Kier alpha value is -5.72. The monoisotopic (exact) mass is 666 g/mol. The third-order valence-electron chi connectivity index (χ3n) is 12.5. The minimum atomic E-state index is -0.106. The predicted octanol–water partition coefficient (Wildman–Crippen LogP) is 14.2. The number of fused-ring (bicyclic) bond motifs is 8. The maximum absolute atomic E-state index is 2.47. The Kier molecular flexibility index (Phi) is 6.50. The van der Waals surface area contributed by atoms with Crippen molar-refractivity contribution in [3.8, 4) is 55.6 Å². The van der Waals surface area contributed by atoms with Crippen molar-refractivity contribution >= 4 is 21.5 Å². The molecule has 0 N–H and O–H groups in total.